The van der Waals surface area contributed by atoms with Crippen molar-refractivity contribution >= 4 is 11.6 Å². The maximum Gasteiger partial charge on any atom is 0.0819 e. The predicted octanol–water partition coefficient (Wildman–Crippen LogP) is 4.07. The molecular weight excluding hydrogens is 244 g/mol. The van der Waals surface area contributed by atoms with E-state index >= 15 is 0 Å². The van der Waals surface area contributed by atoms with Crippen molar-refractivity contribution in [1.82, 2.24) is 9.97 Å². The highest BCUT2D eigenvalue weighted by atomic mass is 14.8. The summed E-state index contributed by atoms with van der Waals surface area (Å²) in [5.41, 5.74) is 4.34. The van der Waals surface area contributed by atoms with E-state index in [1.807, 2.05) is 36.4 Å². The average Bonchev–Trinajstić information content (AvgIpc) is 2.55. The average molecular weight is 258 g/mol. The molecule has 0 radical (unpaired) electrons. The minimum atomic E-state index is 0.857. The lowest BCUT2D eigenvalue weighted by Gasteiger charge is -2.08. The Bertz CT molecular complexity index is 648. The molecule has 0 saturated carbocycles. The van der Waals surface area contributed by atoms with E-state index in [0.717, 1.165) is 11.3 Å². The van der Waals surface area contributed by atoms with Gasteiger partial charge in [-0.3, -0.25) is 9.97 Å². The first-order chi connectivity index (χ1) is 9.93. The maximum absolute atomic E-state index is 4.33. The van der Waals surface area contributed by atoms with Gasteiger partial charge in [-0.05, 0) is 22.8 Å². The van der Waals surface area contributed by atoms with E-state index in [1.54, 1.807) is 18.6 Å². The Labute approximate surface area is 118 Å². The Morgan fingerprint density at radius 2 is 1.35 bits per heavy atom. The number of hydrogen-bond acceptors (Lipinski definition) is 2. The summed E-state index contributed by atoms with van der Waals surface area (Å²) in [5, 5.41) is 0. The van der Waals surface area contributed by atoms with Crippen LogP contribution in [-0.2, 0) is 0 Å². The van der Waals surface area contributed by atoms with Crippen LogP contribution in [0.2, 0.25) is 0 Å². The van der Waals surface area contributed by atoms with Crippen LogP contribution in [-0.4, -0.2) is 9.97 Å². The van der Waals surface area contributed by atoms with Crippen LogP contribution >= 0.6 is 0 Å². The Morgan fingerprint density at radius 3 is 1.85 bits per heavy atom. The van der Waals surface area contributed by atoms with Crippen molar-refractivity contribution in [2.45, 2.75) is 0 Å². The van der Waals surface area contributed by atoms with Crippen LogP contribution in [0, 0.1) is 0 Å². The molecule has 0 spiro atoms. The number of nitrogens with zero attached hydrogens (tertiary/aromatic N) is 2. The van der Waals surface area contributed by atoms with E-state index in [-0.39, 0.29) is 0 Å². The van der Waals surface area contributed by atoms with Gasteiger partial charge in [0, 0.05) is 12.4 Å². The molecule has 3 rings (SSSR count). The minimum Gasteiger partial charge on any atom is -0.261 e. The van der Waals surface area contributed by atoms with Crippen molar-refractivity contribution in [3.05, 3.63) is 96.1 Å². The highest BCUT2D eigenvalue weighted by molar-refractivity contribution is 5.90. The van der Waals surface area contributed by atoms with Gasteiger partial charge in [0.25, 0.3) is 0 Å². The van der Waals surface area contributed by atoms with Gasteiger partial charge in [0.15, 0.2) is 0 Å². The van der Waals surface area contributed by atoms with Crippen LogP contribution < -0.4 is 0 Å². The molecular formula is C18H14N2. The van der Waals surface area contributed by atoms with Crippen molar-refractivity contribution < 1.29 is 0 Å². The summed E-state index contributed by atoms with van der Waals surface area (Å²) in [5.74, 6) is 0. The third-order valence-electron chi connectivity index (χ3n) is 3.04. The van der Waals surface area contributed by atoms with Crippen LogP contribution in [0.3, 0.4) is 0 Å². The quantitative estimate of drug-likeness (QED) is 0.708. The molecule has 20 heavy (non-hydrogen) atoms. The highest BCUT2D eigenvalue weighted by Gasteiger charge is 2.04. The molecule has 0 N–H and O–H groups in total. The molecule has 2 nitrogen and oxygen atoms in total. The van der Waals surface area contributed by atoms with Crippen molar-refractivity contribution in [2.75, 3.05) is 0 Å². The van der Waals surface area contributed by atoms with Gasteiger partial charge in [-0.15, -0.1) is 0 Å². The molecule has 1 heterocycles. The highest BCUT2D eigenvalue weighted by Crippen LogP contribution is 2.24. The molecule has 3 aromatic rings. The molecule has 0 bridgehead atoms. The van der Waals surface area contributed by atoms with Gasteiger partial charge in [-0.25, -0.2) is 0 Å². The smallest absolute Gasteiger partial charge is 0.0819 e. The lowest BCUT2D eigenvalue weighted by atomic mass is 9.97. The second-order valence-corrected chi connectivity index (χ2v) is 4.42. The molecule has 1 aromatic heterocycles. The Balaban J connectivity index is 2.12. The second-order valence-electron chi connectivity index (χ2n) is 4.42. The molecule has 0 fully saturated rings. The van der Waals surface area contributed by atoms with E-state index in [2.05, 4.69) is 40.3 Å². The zero-order chi connectivity index (χ0) is 13.6. The normalized spacial score (nSPS) is 10.0. The Morgan fingerprint density at radius 1 is 0.750 bits per heavy atom. The summed E-state index contributed by atoms with van der Waals surface area (Å²) in [7, 11) is 0. The van der Waals surface area contributed by atoms with Gasteiger partial charge < -0.3 is 0 Å². The fraction of sp³-hybridized carbons (Fsp3) is 0. The first kappa shape index (κ1) is 12.3. The monoisotopic (exact) mass is 258 g/mol. The molecule has 0 amide bonds. The van der Waals surface area contributed by atoms with Crippen molar-refractivity contribution in [2.24, 2.45) is 0 Å². The number of aromatic nitrogens is 2. The van der Waals surface area contributed by atoms with Crippen molar-refractivity contribution in [1.29, 1.82) is 0 Å². The topological polar surface area (TPSA) is 25.8 Å². The largest absolute Gasteiger partial charge is 0.261 e. The summed E-state index contributed by atoms with van der Waals surface area (Å²) in [6, 6.07) is 20.6. The first-order valence-corrected chi connectivity index (χ1v) is 6.52. The molecule has 0 saturated heterocycles. The minimum absolute atomic E-state index is 0.857. The maximum atomic E-state index is 4.33. The van der Waals surface area contributed by atoms with E-state index in [1.165, 1.54) is 11.1 Å². The molecule has 96 valence electrons. The fourth-order valence-corrected chi connectivity index (χ4v) is 2.10. The Hall–Kier alpha value is -2.74. The molecule has 0 aliphatic heterocycles. The van der Waals surface area contributed by atoms with E-state index in [0.29, 0.717) is 0 Å². The lowest BCUT2D eigenvalue weighted by molar-refractivity contribution is 1.18. The summed E-state index contributed by atoms with van der Waals surface area (Å²) in [6.45, 7) is 0. The van der Waals surface area contributed by atoms with Gasteiger partial charge in [0.1, 0.15) is 0 Å². The fourth-order valence-electron chi connectivity index (χ4n) is 2.10. The second kappa shape index (κ2) is 5.93. The van der Waals surface area contributed by atoms with Crippen LogP contribution in [0.1, 0.15) is 16.8 Å². The van der Waals surface area contributed by atoms with Gasteiger partial charge in [-0.1, -0.05) is 60.7 Å². The molecule has 2 aromatic carbocycles. The van der Waals surface area contributed by atoms with Crippen LogP contribution in [0.4, 0.5) is 0 Å². The summed E-state index contributed by atoms with van der Waals surface area (Å²) < 4.78 is 0. The molecule has 0 atom stereocenters. The Kier molecular flexibility index (Phi) is 3.65. The van der Waals surface area contributed by atoms with E-state index in [9.17, 15) is 0 Å². The van der Waals surface area contributed by atoms with Crippen molar-refractivity contribution in [3.8, 4) is 0 Å². The van der Waals surface area contributed by atoms with Gasteiger partial charge in [-0.2, -0.15) is 0 Å². The SMILES string of the molecule is C(=C(c1ccccc1)c1ccccc1)c1cnccn1. The van der Waals surface area contributed by atoms with Crippen LogP contribution in [0.25, 0.3) is 11.6 Å². The third-order valence-corrected chi connectivity index (χ3v) is 3.04. The standard InChI is InChI=1S/C18H14N2/c1-3-7-15(8-4-1)18(16-9-5-2-6-10-16)13-17-14-19-11-12-20-17/h1-14H. The zero-order valence-electron chi connectivity index (χ0n) is 11.0. The molecule has 0 aliphatic carbocycles. The summed E-state index contributed by atoms with van der Waals surface area (Å²) >= 11 is 0. The van der Waals surface area contributed by atoms with E-state index in [4.69, 9.17) is 0 Å². The van der Waals surface area contributed by atoms with Crippen molar-refractivity contribution in [3.63, 3.8) is 0 Å². The van der Waals surface area contributed by atoms with Gasteiger partial charge in [0.05, 0.1) is 11.9 Å². The zero-order valence-corrected chi connectivity index (χ0v) is 11.0. The van der Waals surface area contributed by atoms with Crippen LogP contribution in [0.15, 0.2) is 79.3 Å². The van der Waals surface area contributed by atoms with Gasteiger partial charge >= 0.3 is 0 Å². The molecule has 2 heteroatoms. The molecule has 0 unspecified atom stereocenters. The van der Waals surface area contributed by atoms with Gasteiger partial charge in [0.2, 0.25) is 0 Å². The van der Waals surface area contributed by atoms with E-state index < -0.39 is 0 Å². The summed E-state index contributed by atoms with van der Waals surface area (Å²) in [4.78, 5) is 8.45. The number of rotatable bonds is 3. The first-order valence-electron chi connectivity index (χ1n) is 6.52. The van der Waals surface area contributed by atoms with Crippen LogP contribution in [0.5, 0.6) is 0 Å². The predicted molar refractivity (Wildman–Crippen MR) is 81.9 cm³/mol. The molecule has 0 aliphatic rings. The lowest BCUT2D eigenvalue weighted by Crippen LogP contribution is -1.89. The summed E-state index contributed by atoms with van der Waals surface area (Å²) in [6.07, 6.45) is 7.23. The number of benzene rings is 2. The third kappa shape index (κ3) is 2.81. The number of hydrogen-bond donors (Lipinski definition) is 0.